The molecule has 0 radical (unpaired) electrons. The van der Waals surface area contributed by atoms with Gasteiger partial charge < -0.3 is 93.2 Å². The van der Waals surface area contributed by atoms with Gasteiger partial charge in [-0.25, -0.2) is 0 Å². The molecule has 0 aromatic heterocycles. The second-order valence-corrected chi connectivity index (χ2v) is 37.0. The minimum absolute atomic E-state index is 0.000926. The predicted octanol–water partition coefficient (Wildman–Crippen LogP) is -3.73. The number of benzene rings is 2. The minimum atomic E-state index is -3.76. The van der Waals surface area contributed by atoms with Crippen LogP contribution >= 0.6 is 19.1 Å². The van der Waals surface area contributed by atoms with E-state index in [1.165, 1.54) is 11.8 Å². The van der Waals surface area contributed by atoms with Crippen molar-refractivity contribution in [2.45, 2.75) is 111 Å². The van der Waals surface area contributed by atoms with Gasteiger partial charge in [0.2, 0.25) is 36.9 Å². The number of aliphatic carboxylic acids is 10. The maximum atomic E-state index is 13.3. The van der Waals surface area contributed by atoms with Gasteiger partial charge in [0.15, 0.2) is 0 Å². The number of rotatable bonds is 43. The number of thioether (sulfide) groups is 1. The average Bonchev–Trinajstić information content (AvgIpc) is 0.850. The molecule has 2 atom stereocenters. The fourth-order valence-corrected chi connectivity index (χ4v) is 16.1. The summed E-state index contributed by atoms with van der Waals surface area (Å²) in [5.41, 5.74) is 2.58. The summed E-state index contributed by atoms with van der Waals surface area (Å²) in [5.74, 6) is -12.2. The van der Waals surface area contributed by atoms with Crippen molar-refractivity contribution in [2.24, 2.45) is 0 Å². The summed E-state index contributed by atoms with van der Waals surface area (Å²) < 4.78 is 13.3. The van der Waals surface area contributed by atoms with Crippen LogP contribution in [0.3, 0.4) is 0 Å². The first-order chi connectivity index (χ1) is 63.4. The van der Waals surface area contributed by atoms with Gasteiger partial charge in [-0.1, -0.05) is 24.3 Å². The van der Waals surface area contributed by atoms with Gasteiger partial charge in [-0.3, -0.25) is 145 Å². The second kappa shape index (κ2) is 66.0. The molecule has 3 fully saturated rings. The second-order valence-electron chi connectivity index (χ2n) is 33.9. The molecule has 3 heterocycles. The Balaban J connectivity index is 0.000000623. The van der Waals surface area contributed by atoms with Crippen LogP contribution in [0.2, 0.25) is 0 Å². The molecule has 2 aromatic carbocycles. The van der Waals surface area contributed by atoms with E-state index in [1.54, 1.807) is 110 Å². The van der Waals surface area contributed by atoms with Crippen molar-refractivity contribution >= 4 is 120 Å². The number of hydrogen-bond donors (Lipinski definition) is 18. The molecule has 50 heteroatoms. The zero-order valence-electron chi connectivity index (χ0n) is 78.7. The molecule has 3 saturated heterocycles. The van der Waals surface area contributed by atoms with Crippen LogP contribution in [0.15, 0.2) is 48.5 Å². The van der Waals surface area contributed by atoms with Crippen molar-refractivity contribution in [2.75, 3.05) is 254 Å². The monoisotopic (exact) mass is 1960 g/mol. The van der Waals surface area contributed by atoms with E-state index < -0.39 is 84.9 Å². The molecule has 0 aliphatic carbocycles. The molecule has 0 spiro atoms. The highest BCUT2D eigenvalue weighted by atomic mass is 32.2. The Hall–Kier alpha value is -10.5. The summed E-state index contributed by atoms with van der Waals surface area (Å²) in [6, 6.07) is 12.7. The third-order valence-corrected chi connectivity index (χ3v) is 22.6. The minimum Gasteiger partial charge on any atom is -0.480 e. The van der Waals surface area contributed by atoms with E-state index in [9.17, 15) is 142 Å². The molecule has 2 unspecified atom stereocenters. The van der Waals surface area contributed by atoms with Gasteiger partial charge in [-0.05, 0) is 103 Å². The van der Waals surface area contributed by atoms with E-state index in [2.05, 4.69) is 42.1 Å². The van der Waals surface area contributed by atoms with Gasteiger partial charge in [0.25, 0.3) is 11.8 Å². The van der Waals surface area contributed by atoms with Crippen molar-refractivity contribution in [1.29, 1.82) is 0 Å². The molecule has 0 bridgehead atoms. The van der Waals surface area contributed by atoms with Gasteiger partial charge in [-0.2, -0.15) is 11.8 Å². The molecule has 0 saturated carbocycles. The van der Waals surface area contributed by atoms with Gasteiger partial charge in [0.1, 0.15) is 6.04 Å². The molecular formula is C85H142N19O29PS. The normalized spacial score (nSPS) is 17.0. The SMILES string of the molecule is CC(C)NC(=O)CCC(C(=O)O)N1CCN(CC(=O)O)CCN(CC(=O)O)CCN(CC(=O)O)CC1.CC(C)NC(=O)c1ccc(CN2CCN(CC(=O)O)CCN(CC(=O)O)CCN(CC(=O)O)CC2)cc1.CC(C)NC(=O)c1ccc(CP(=O)(O)CN2CCN(CC(=O)O)CCN(CC(=O)O)CCN(CC(=O)O)CC2)cc1.CSCC(=O)NCC(=O)NCC(=O)NCC(=O)NC(C)C. The highest BCUT2D eigenvalue weighted by Crippen LogP contribution is 2.45. The topological polar surface area (TPSA) is 653 Å². The molecule has 18 N–H and O–H groups in total. The maximum Gasteiger partial charge on any atom is 0.320 e. The summed E-state index contributed by atoms with van der Waals surface area (Å²) in [6.07, 6.45) is 1.50. The van der Waals surface area contributed by atoms with Crippen LogP contribution in [0, 0.1) is 0 Å². The van der Waals surface area contributed by atoms with Crippen molar-refractivity contribution < 1.29 is 142 Å². The van der Waals surface area contributed by atoms with Gasteiger partial charge in [-0.15, -0.1) is 0 Å². The standard InChI is InChI=1S/C26H42N5O9P.C25H39N5O7.C22H39N5O9.C12H22N4O4S/c1-20(2)27-26(38)22-5-3-21(4-6-22)18-41(39,40)19-31-13-11-29(16-24(34)35)9-7-28(15-23(32)33)8-10-30(12-14-31)17-25(36)37;1-19(2)26-25(37)21-5-3-20(4-6-21)15-27-7-9-28(16-22(31)32)11-13-30(18-24(35)36)14-12-29(10-8-27)17-23(33)34;1-16(2)23-18(28)4-3-17(22(35)36)27-11-9-25(14-20(31)32)7-5-24(13-19(29)30)6-8-26(10-12-27)15-21(33)34;1-8(2)16-11(19)6-14-9(17)4-13-10(18)5-15-12(20)7-21-3/h3-6,20H,7-19H2,1-2H3,(H,27,38)(H,32,33)(H,34,35)(H,36,37)(H,39,40);3-6,19H,7-18H2,1-2H3,(H,26,37)(H,31,32)(H,33,34)(H,35,36);16-17H,3-15H2,1-2H3,(H,23,28)(H,29,30)(H,31,32)(H,33,34)(H,35,36);8H,4-7H2,1-3H3,(H,13,18)(H,14,17)(H,15,20)(H,16,19). The predicted molar refractivity (Wildman–Crippen MR) is 496 cm³/mol. The lowest BCUT2D eigenvalue weighted by molar-refractivity contribution is -0.145. The summed E-state index contributed by atoms with van der Waals surface area (Å²) >= 11 is 1.35. The highest BCUT2D eigenvalue weighted by molar-refractivity contribution is 7.99. The van der Waals surface area contributed by atoms with Crippen LogP contribution in [-0.2, 0) is 89.2 Å². The Morgan fingerprint density at radius 3 is 0.830 bits per heavy atom. The number of nitrogens with one attached hydrogen (secondary N) is 7. The lowest BCUT2D eigenvalue weighted by Crippen LogP contribution is -2.52. The number of carboxylic acid groups (broad SMARTS) is 10. The molecule has 3 aliphatic rings. The van der Waals surface area contributed by atoms with Crippen LogP contribution in [0.25, 0.3) is 0 Å². The highest BCUT2D eigenvalue weighted by Gasteiger charge is 2.32. The van der Waals surface area contributed by atoms with Crippen LogP contribution in [0.4, 0.5) is 0 Å². The summed E-state index contributed by atoms with van der Waals surface area (Å²) in [5, 5.41) is 112. The van der Waals surface area contributed by atoms with E-state index >= 15 is 0 Å². The first kappa shape index (κ1) is 121. The molecule has 762 valence electrons. The largest absolute Gasteiger partial charge is 0.480 e. The first-order valence-corrected chi connectivity index (χ1v) is 47.7. The Labute approximate surface area is 790 Å². The van der Waals surface area contributed by atoms with Crippen molar-refractivity contribution in [3.63, 3.8) is 0 Å². The molecular weight excluding hydrogens is 1810 g/mol. The molecule has 3 aliphatic heterocycles. The first-order valence-electron chi connectivity index (χ1n) is 44.3. The van der Waals surface area contributed by atoms with Crippen LogP contribution in [0.1, 0.15) is 100 Å². The third kappa shape index (κ3) is 59.9. The number of carbonyl (C=O) groups is 17. The third-order valence-electron chi connectivity index (χ3n) is 20.4. The Bertz CT molecular complexity index is 4050. The van der Waals surface area contributed by atoms with Crippen molar-refractivity contribution in [3.05, 3.63) is 70.8 Å². The van der Waals surface area contributed by atoms with Gasteiger partial charge >= 0.3 is 59.7 Å². The zero-order chi connectivity index (χ0) is 101. The fraction of sp³-hybridized carbons (Fsp3) is 0.659. The Morgan fingerprint density at radius 1 is 0.319 bits per heavy atom. The van der Waals surface area contributed by atoms with Crippen LogP contribution < -0.4 is 37.2 Å². The summed E-state index contributed by atoms with van der Waals surface area (Å²) in [6.45, 7) is 19.8. The Kier molecular flexibility index (Phi) is 59.0. The smallest absolute Gasteiger partial charge is 0.320 e. The van der Waals surface area contributed by atoms with Crippen LogP contribution in [0.5, 0.6) is 0 Å². The number of carboxylic acids is 10. The lowest BCUT2D eigenvalue weighted by atomic mass is 10.1. The van der Waals surface area contributed by atoms with Gasteiger partial charge in [0.05, 0.1) is 96.7 Å². The summed E-state index contributed by atoms with van der Waals surface area (Å²) in [7, 11) is -3.76. The maximum absolute atomic E-state index is 13.3. The molecule has 7 amide bonds. The molecule has 5 rings (SSSR count). The van der Waals surface area contributed by atoms with E-state index in [0.717, 1.165) is 5.56 Å². The number of carbonyl (C=O) groups excluding carboxylic acids is 7. The lowest BCUT2D eigenvalue weighted by Gasteiger charge is -2.35. The van der Waals surface area contributed by atoms with Crippen LogP contribution in [-0.4, -0.2) is 500 Å². The van der Waals surface area contributed by atoms with E-state index in [0.29, 0.717) is 75.6 Å². The zero-order valence-corrected chi connectivity index (χ0v) is 80.4. The van der Waals surface area contributed by atoms with E-state index in [-0.39, 0.29) is 268 Å². The fourth-order valence-electron chi connectivity index (χ4n) is 13.9. The van der Waals surface area contributed by atoms with Gasteiger partial charge in [0, 0.05) is 205 Å². The van der Waals surface area contributed by atoms with Crippen molar-refractivity contribution in [1.82, 2.24) is 96.0 Å². The summed E-state index contributed by atoms with van der Waals surface area (Å²) in [4.78, 5) is 228. The number of amides is 7. The molecule has 48 nitrogen and oxygen atoms in total. The van der Waals surface area contributed by atoms with E-state index in [4.69, 9.17) is 0 Å². The number of hydrogen-bond acceptors (Lipinski definition) is 31. The van der Waals surface area contributed by atoms with Crippen molar-refractivity contribution in [3.8, 4) is 0 Å². The molecule has 2 aromatic rings. The van der Waals surface area contributed by atoms with E-state index in [1.807, 2.05) is 53.7 Å². The average molecular weight is 1960 g/mol. The number of nitrogens with zero attached hydrogens (tertiary/aromatic N) is 12. The quantitative estimate of drug-likeness (QED) is 0.0284. The molecule has 135 heavy (non-hydrogen) atoms. The Morgan fingerprint density at radius 2 is 0.563 bits per heavy atom.